The third-order valence-corrected chi connectivity index (χ3v) is 4.73. The molecule has 0 bridgehead atoms. The van der Waals surface area contributed by atoms with Crippen molar-refractivity contribution in [2.75, 3.05) is 26.9 Å². The molecule has 1 atom stereocenters. The summed E-state index contributed by atoms with van der Waals surface area (Å²) in [6.07, 6.45) is -1.98. The number of ether oxygens (including phenoxy) is 7. The van der Waals surface area contributed by atoms with Crippen molar-refractivity contribution in [1.82, 2.24) is 5.32 Å². The highest BCUT2D eigenvalue weighted by atomic mass is 16.8. The first kappa shape index (κ1) is 34.5. The van der Waals surface area contributed by atoms with Crippen LogP contribution in [0.4, 0.5) is 14.4 Å². The average molecular weight is 570 g/mol. The Bertz CT molecular complexity index is 993. The Kier molecular flexibility index (Phi) is 13.7. The van der Waals surface area contributed by atoms with Gasteiger partial charge < -0.3 is 38.5 Å². The molecule has 0 heterocycles. The Hall–Kier alpha value is -3.54. The maximum Gasteiger partial charge on any atom is 0.514 e. The van der Waals surface area contributed by atoms with Crippen molar-refractivity contribution in [3.63, 3.8) is 0 Å². The Morgan fingerprint density at radius 2 is 1.35 bits per heavy atom. The molecule has 12 heteroatoms. The summed E-state index contributed by atoms with van der Waals surface area (Å²) in [6, 6.07) is 3.59. The summed E-state index contributed by atoms with van der Waals surface area (Å²) in [4.78, 5) is 48.7. The third kappa shape index (κ3) is 15.2. The predicted molar refractivity (Wildman–Crippen MR) is 144 cm³/mol. The Labute approximate surface area is 235 Å². The summed E-state index contributed by atoms with van der Waals surface area (Å²) >= 11 is 0. The molecule has 0 unspecified atom stereocenters. The van der Waals surface area contributed by atoms with Gasteiger partial charge in [-0.25, -0.2) is 14.4 Å². The van der Waals surface area contributed by atoms with E-state index in [9.17, 15) is 19.2 Å². The van der Waals surface area contributed by atoms with Gasteiger partial charge in [0.2, 0.25) is 0 Å². The van der Waals surface area contributed by atoms with Crippen LogP contribution in [0, 0.1) is 5.92 Å². The van der Waals surface area contributed by atoms with E-state index in [2.05, 4.69) is 5.32 Å². The molecule has 0 amide bonds. The molecule has 1 aromatic carbocycles. The summed E-state index contributed by atoms with van der Waals surface area (Å²) in [6.45, 7) is 14.4. The Morgan fingerprint density at radius 3 is 1.88 bits per heavy atom. The van der Waals surface area contributed by atoms with Crippen LogP contribution in [-0.2, 0) is 34.9 Å². The molecular weight excluding hydrogens is 526 g/mol. The van der Waals surface area contributed by atoms with Crippen LogP contribution in [0.3, 0.4) is 0 Å². The Morgan fingerprint density at radius 1 is 0.800 bits per heavy atom. The second-order valence-corrected chi connectivity index (χ2v) is 11.3. The quantitative estimate of drug-likeness (QED) is 0.153. The van der Waals surface area contributed by atoms with E-state index in [1.165, 1.54) is 19.2 Å². The van der Waals surface area contributed by atoms with Crippen LogP contribution in [0.25, 0.3) is 0 Å². The molecule has 0 spiro atoms. The van der Waals surface area contributed by atoms with Gasteiger partial charge in [-0.15, -0.1) is 0 Å². The molecule has 0 aliphatic carbocycles. The van der Waals surface area contributed by atoms with Gasteiger partial charge in [0.05, 0.1) is 13.7 Å². The van der Waals surface area contributed by atoms with Crippen LogP contribution in [-0.4, -0.2) is 68.5 Å². The van der Waals surface area contributed by atoms with Crippen LogP contribution in [0.5, 0.6) is 11.5 Å². The maximum absolute atomic E-state index is 12.4. The first-order chi connectivity index (χ1) is 18.5. The van der Waals surface area contributed by atoms with E-state index in [0.717, 1.165) is 6.42 Å². The van der Waals surface area contributed by atoms with Gasteiger partial charge in [-0.05, 0) is 78.0 Å². The van der Waals surface area contributed by atoms with Gasteiger partial charge in [-0.3, -0.25) is 4.79 Å². The molecule has 0 aliphatic rings. The second kappa shape index (κ2) is 15.9. The van der Waals surface area contributed by atoms with E-state index in [0.29, 0.717) is 11.5 Å². The molecule has 1 aromatic rings. The molecule has 0 saturated heterocycles. The fraction of sp³-hybridized carbons (Fsp3) is 0.643. The molecule has 40 heavy (non-hydrogen) atoms. The van der Waals surface area contributed by atoms with Crippen LogP contribution in [0.2, 0.25) is 0 Å². The van der Waals surface area contributed by atoms with E-state index in [-0.39, 0.29) is 37.7 Å². The van der Waals surface area contributed by atoms with Gasteiger partial charge in [-0.1, -0.05) is 19.9 Å². The molecule has 0 aliphatic heterocycles. The van der Waals surface area contributed by atoms with Crippen LogP contribution >= 0.6 is 0 Å². The molecule has 0 saturated carbocycles. The van der Waals surface area contributed by atoms with E-state index in [4.69, 9.17) is 33.2 Å². The largest absolute Gasteiger partial charge is 0.514 e. The fourth-order valence-corrected chi connectivity index (χ4v) is 2.97. The summed E-state index contributed by atoms with van der Waals surface area (Å²) < 4.78 is 35.9. The van der Waals surface area contributed by atoms with Gasteiger partial charge >= 0.3 is 24.4 Å². The third-order valence-electron chi connectivity index (χ3n) is 4.73. The first-order valence-corrected chi connectivity index (χ1v) is 13.0. The van der Waals surface area contributed by atoms with Gasteiger partial charge in [0, 0.05) is 6.54 Å². The van der Waals surface area contributed by atoms with Crippen molar-refractivity contribution < 1.29 is 52.3 Å². The van der Waals surface area contributed by atoms with E-state index >= 15 is 0 Å². The smallest absolute Gasteiger partial charge is 0.468 e. The molecular formula is C28H43NO11. The minimum absolute atomic E-state index is 0.0380. The average Bonchev–Trinajstić information content (AvgIpc) is 2.79. The molecule has 1 N–H and O–H groups in total. The lowest BCUT2D eigenvalue weighted by molar-refractivity contribution is -0.143. The fourth-order valence-electron chi connectivity index (χ4n) is 2.97. The van der Waals surface area contributed by atoms with E-state index in [1.54, 1.807) is 47.6 Å². The number of nitrogens with one attached hydrogen (secondary N) is 1. The number of esters is 1. The zero-order valence-electron chi connectivity index (χ0n) is 24.9. The molecule has 0 radical (unpaired) electrons. The van der Waals surface area contributed by atoms with Gasteiger partial charge in [0.1, 0.15) is 23.9 Å². The highest BCUT2D eigenvalue weighted by Crippen LogP contribution is 2.31. The lowest BCUT2D eigenvalue weighted by Crippen LogP contribution is -2.41. The standard InChI is InChI=1S/C28H43NO11/c1-18(2)12-14-35-24(31)36-15-13-29-20(23(30)34-9)16-19-10-11-21(37-25(32)39-27(3,4)5)22(17-19)38-26(33)40-28(6,7)8/h10-11,17-18,20,29H,12-16H2,1-9H3/t20-/m0/s1. The van der Waals surface area contributed by atoms with Crippen molar-refractivity contribution in [2.24, 2.45) is 5.92 Å². The van der Waals surface area contributed by atoms with Crippen molar-refractivity contribution in [3.8, 4) is 11.5 Å². The highest BCUT2D eigenvalue weighted by molar-refractivity contribution is 5.76. The van der Waals surface area contributed by atoms with Crippen molar-refractivity contribution in [1.29, 1.82) is 0 Å². The second-order valence-electron chi connectivity index (χ2n) is 11.3. The summed E-state index contributed by atoms with van der Waals surface area (Å²) in [5.74, 6) is -0.379. The summed E-state index contributed by atoms with van der Waals surface area (Å²) in [5.41, 5.74) is -1.10. The highest BCUT2D eigenvalue weighted by Gasteiger charge is 2.25. The van der Waals surface area contributed by atoms with Gasteiger partial charge in [0.15, 0.2) is 11.5 Å². The number of hydrogen-bond acceptors (Lipinski definition) is 12. The lowest BCUT2D eigenvalue weighted by atomic mass is 10.1. The normalized spacial score (nSPS) is 12.2. The zero-order chi connectivity index (χ0) is 30.5. The molecule has 226 valence electrons. The SMILES string of the molecule is COC(=O)[C@H](Cc1ccc(OC(=O)OC(C)(C)C)c(OC(=O)OC(C)(C)C)c1)NCCOC(=O)OCCC(C)C. The predicted octanol–water partition coefficient (Wildman–Crippen LogP) is 5.19. The lowest BCUT2D eigenvalue weighted by Gasteiger charge is -2.21. The van der Waals surface area contributed by atoms with Crippen LogP contribution in [0.15, 0.2) is 18.2 Å². The van der Waals surface area contributed by atoms with Crippen LogP contribution < -0.4 is 14.8 Å². The van der Waals surface area contributed by atoms with Crippen molar-refractivity contribution in [3.05, 3.63) is 23.8 Å². The summed E-state index contributed by atoms with van der Waals surface area (Å²) in [5, 5.41) is 2.97. The molecule has 0 aromatic heterocycles. The molecule has 0 fully saturated rings. The summed E-state index contributed by atoms with van der Waals surface area (Å²) in [7, 11) is 1.24. The number of carbonyl (C=O) groups excluding carboxylic acids is 4. The number of rotatable bonds is 12. The Balaban J connectivity index is 2.97. The van der Waals surface area contributed by atoms with Crippen LogP contribution in [0.1, 0.15) is 67.4 Å². The number of carbonyl (C=O) groups is 4. The van der Waals surface area contributed by atoms with Gasteiger partial charge in [0.25, 0.3) is 0 Å². The number of methoxy groups -OCH3 is 1. The van der Waals surface area contributed by atoms with E-state index in [1.807, 2.05) is 13.8 Å². The first-order valence-electron chi connectivity index (χ1n) is 13.0. The van der Waals surface area contributed by atoms with E-state index < -0.39 is 41.7 Å². The maximum atomic E-state index is 12.4. The van der Waals surface area contributed by atoms with Crippen molar-refractivity contribution >= 4 is 24.4 Å². The van der Waals surface area contributed by atoms with Crippen molar-refractivity contribution in [2.45, 2.75) is 85.5 Å². The topological polar surface area (TPSA) is 145 Å². The monoisotopic (exact) mass is 569 g/mol. The minimum atomic E-state index is -1.02. The molecule has 12 nitrogen and oxygen atoms in total. The van der Waals surface area contributed by atoms with Gasteiger partial charge in [-0.2, -0.15) is 0 Å². The minimum Gasteiger partial charge on any atom is -0.468 e. The number of benzene rings is 1. The number of hydrogen-bond donors (Lipinski definition) is 1. The zero-order valence-corrected chi connectivity index (χ0v) is 24.9. The molecule has 1 rings (SSSR count).